The van der Waals surface area contributed by atoms with Crippen LogP contribution in [-0.2, 0) is 0 Å². The predicted octanol–water partition coefficient (Wildman–Crippen LogP) is 2.81. The molecule has 2 atom stereocenters. The van der Waals surface area contributed by atoms with Crippen molar-refractivity contribution < 1.29 is 13.2 Å². The average molecular weight is 195 g/mol. The van der Waals surface area contributed by atoms with Crippen molar-refractivity contribution in [3.05, 3.63) is 0 Å². The summed E-state index contributed by atoms with van der Waals surface area (Å²) in [5, 5.41) is 0. The van der Waals surface area contributed by atoms with Gasteiger partial charge in [-0.15, -0.1) is 0 Å². The molecule has 0 aromatic carbocycles. The largest absolute Gasteiger partial charge is 0.404 e. The summed E-state index contributed by atoms with van der Waals surface area (Å²) in [5.41, 5.74) is 0. The molecule has 0 saturated carbocycles. The zero-order chi connectivity index (χ0) is 10.2. The lowest BCUT2D eigenvalue weighted by atomic mass is 10.2. The zero-order valence-corrected chi connectivity index (χ0v) is 8.23. The fraction of sp³-hybridized carbons (Fsp3) is 1.00. The highest BCUT2D eigenvalue weighted by Gasteiger charge is 2.48. The van der Waals surface area contributed by atoms with Gasteiger partial charge >= 0.3 is 6.18 Å². The highest BCUT2D eigenvalue weighted by molar-refractivity contribution is 4.91. The Morgan fingerprint density at radius 2 is 1.77 bits per heavy atom. The lowest BCUT2D eigenvalue weighted by Gasteiger charge is -2.33. The van der Waals surface area contributed by atoms with Crippen LogP contribution in [0.3, 0.4) is 0 Å². The summed E-state index contributed by atoms with van der Waals surface area (Å²) in [6.45, 7) is 5.51. The first-order chi connectivity index (χ1) is 5.84. The minimum atomic E-state index is -4.06. The Morgan fingerprint density at radius 1 is 1.23 bits per heavy atom. The molecular formula is C9H16F3N. The van der Waals surface area contributed by atoms with E-state index in [4.69, 9.17) is 0 Å². The van der Waals surface area contributed by atoms with Gasteiger partial charge in [0.05, 0.1) is 0 Å². The van der Waals surface area contributed by atoms with Gasteiger partial charge in [0.1, 0.15) is 6.04 Å². The molecule has 0 bridgehead atoms. The molecule has 4 heteroatoms. The third-order valence-corrected chi connectivity index (χ3v) is 2.70. The lowest BCUT2D eigenvalue weighted by molar-refractivity contribution is -0.182. The van der Waals surface area contributed by atoms with Crippen molar-refractivity contribution >= 4 is 0 Å². The van der Waals surface area contributed by atoms with Crippen LogP contribution in [0.4, 0.5) is 13.2 Å². The zero-order valence-electron chi connectivity index (χ0n) is 8.23. The molecule has 0 aliphatic carbocycles. The van der Waals surface area contributed by atoms with Gasteiger partial charge in [0, 0.05) is 12.1 Å². The van der Waals surface area contributed by atoms with Gasteiger partial charge in [0.25, 0.3) is 0 Å². The van der Waals surface area contributed by atoms with Crippen molar-refractivity contribution in [2.45, 2.75) is 57.9 Å². The summed E-state index contributed by atoms with van der Waals surface area (Å²) >= 11 is 0. The molecule has 0 aromatic heterocycles. The number of alkyl halides is 3. The van der Waals surface area contributed by atoms with Crippen molar-refractivity contribution in [1.29, 1.82) is 0 Å². The van der Waals surface area contributed by atoms with E-state index in [0.717, 1.165) is 0 Å². The first kappa shape index (κ1) is 10.8. The minimum Gasteiger partial charge on any atom is -0.287 e. The Balaban J connectivity index is 2.76. The third-order valence-electron chi connectivity index (χ3n) is 2.70. The third kappa shape index (κ3) is 2.16. The number of halogens is 3. The van der Waals surface area contributed by atoms with Crippen molar-refractivity contribution in [2.24, 2.45) is 0 Å². The Hall–Kier alpha value is -0.250. The number of nitrogens with zero attached hydrogens (tertiary/aromatic N) is 1. The highest BCUT2D eigenvalue weighted by atomic mass is 19.4. The van der Waals surface area contributed by atoms with Gasteiger partial charge in [-0.2, -0.15) is 13.2 Å². The Bertz CT molecular complexity index is 176. The van der Waals surface area contributed by atoms with E-state index in [1.165, 1.54) is 0 Å². The van der Waals surface area contributed by atoms with Crippen LogP contribution in [0.25, 0.3) is 0 Å². The van der Waals surface area contributed by atoms with Crippen LogP contribution >= 0.6 is 0 Å². The van der Waals surface area contributed by atoms with Crippen LogP contribution in [0.1, 0.15) is 33.6 Å². The molecule has 0 aromatic rings. The van der Waals surface area contributed by atoms with Crippen molar-refractivity contribution in [1.82, 2.24) is 4.90 Å². The van der Waals surface area contributed by atoms with Gasteiger partial charge in [-0.25, -0.2) is 0 Å². The highest BCUT2D eigenvalue weighted by Crippen LogP contribution is 2.36. The van der Waals surface area contributed by atoms with E-state index in [9.17, 15) is 13.2 Å². The summed E-state index contributed by atoms with van der Waals surface area (Å²) in [4.78, 5) is 1.57. The molecule has 1 nitrogen and oxygen atoms in total. The second-order valence-electron chi connectivity index (χ2n) is 4.02. The molecule has 0 N–H and O–H groups in total. The number of rotatable bonds is 1. The molecular weight excluding hydrogens is 179 g/mol. The van der Waals surface area contributed by atoms with Gasteiger partial charge in [-0.3, -0.25) is 4.90 Å². The van der Waals surface area contributed by atoms with E-state index in [1.807, 2.05) is 20.8 Å². The van der Waals surface area contributed by atoms with E-state index >= 15 is 0 Å². The first-order valence-electron chi connectivity index (χ1n) is 4.68. The molecule has 0 radical (unpaired) electrons. The summed E-state index contributed by atoms with van der Waals surface area (Å²) in [5.74, 6) is 0. The van der Waals surface area contributed by atoms with Crippen LogP contribution in [0.2, 0.25) is 0 Å². The molecule has 0 spiro atoms. The van der Waals surface area contributed by atoms with Gasteiger partial charge < -0.3 is 0 Å². The van der Waals surface area contributed by atoms with E-state index in [-0.39, 0.29) is 18.5 Å². The second-order valence-corrected chi connectivity index (χ2v) is 4.02. The maximum atomic E-state index is 12.5. The fourth-order valence-electron chi connectivity index (χ4n) is 2.21. The Kier molecular flexibility index (Phi) is 2.90. The monoisotopic (exact) mass is 195 g/mol. The molecule has 1 saturated heterocycles. The quantitative estimate of drug-likeness (QED) is 0.622. The number of hydrogen-bond acceptors (Lipinski definition) is 1. The van der Waals surface area contributed by atoms with E-state index in [1.54, 1.807) is 4.90 Å². The van der Waals surface area contributed by atoms with Crippen LogP contribution in [0, 0.1) is 0 Å². The van der Waals surface area contributed by atoms with E-state index in [2.05, 4.69) is 0 Å². The van der Waals surface area contributed by atoms with E-state index < -0.39 is 12.2 Å². The van der Waals surface area contributed by atoms with Gasteiger partial charge in [0.2, 0.25) is 0 Å². The first-order valence-corrected chi connectivity index (χ1v) is 4.68. The molecule has 1 fully saturated rings. The summed E-state index contributed by atoms with van der Waals surface area (Å²) in [6.07, 6.45) is -3.15. The standard InChI is InChI=1S/C9H16F3N/c1-6(2)13-7(3)4-5-8(13)9(10,11)12/h6-8H,4-5H2,1-3H3/t7-,8?/m1/s1. The lowest BCUT2D eigenvalue weighted by Crippen LogP contribution is -2.47. The molecule has 1 rings (SSSR count). The molecule has 13 heavy (non-hydrogen) atoms. The molecule has 1 aliphatic rings. The van der Waals surface area contributed by atoms with Crippen molar-refractivity contribution in [3.8, 4) is 0 Å². The van der Waals surface area contributed by atoms with Crippen LogP contribution < -0.4 is 0 Å². The molecule has 1 aliphatic heterocycles. The van der Waals surface area contributed by atoms with Crippen molar-refractivity contribution in [2.75, 3.05) is 0 Å². The van der Waals surface area contributed by atoms with E-state index in [0.29, 0.717) is 6.42 Å². The fourth-order valence-corrected chi connectivity index (χ4v) is 2.21. The maximum Gasteiger partial charge on any atom is 0.404 e. The topological polar surface area (TPSA) is 3.24 Å². The number of likely N-dealkylation sites (tertiary alicyclic amines) is 1. The minimum absolute atomic E-state index is 0.0240. The SMILES string of the molecule is CC(C)N1C(C(F)(F)F)CC[C@H]1C. The van der Waals surface area contributed by atoms with Gasteiger partial charge in [0.15, 0.2) is 0 Å². The molecule has 1 heterocycles. The van der Waals surface area contributed by atoms with Crippen LogP contribution in [0.15, 0.2) is 0 Å². The summed E-state index contributed by atoms with van der Waals surface area (Å²) in [6, 6.07) is -1.18. The molecule has 1 unspecified atom stereocenters. The Morgan fingerprint density at radius 3 is 2.08 bits per heavy atom. The van der Waals surface area contributed by atoms with Gasteiger partial charge in [-0.1, -0.05) is 0 Å². The second kappa shape index (κ2) is 3.48. The molecule has 78 valence electrons. The molecule has 0 amide bonds. The van der Waals surface area contributed by atoms with Crippen molar-refractivity contribution in [3.63, 3.8) is 0 Å². The van der Waals surface area contributed by atoms with Gasteiger partial charge in [-0.05, 0) is 33.6 Å². The van der Waals surface area contributed by atoms with Crippen LogP contribution in [-0.4, -0.2) is 29.2 Å². The van der Waals surface area contributed by atoms with Crippen LogP contribution in [0.5, 0.6) is 0 Å². The summed E-state index contributed by atoms with van der Waals surface area (Å²) < 4.78 is 37.5. The number of hydrogen-bond donors (Lipinski definition) is 0. The smallest absolute Gasteiger partial charge is 0.287 e. The Labute approximate surface area is 76.9 Å². The maximum absolute atomic E-state index is 12.5. The predicted molar refractivity (Wildman–Crippen MR) is 45.5 cm³/mol. The average Bonchev–Trinajstić information content (AvgIpc) is 2.28. The summed E-state index contributed by atoms with van der Waals surface area (Å²) in [7, 11) is 0. The normalized spacial score (nSPS) is 31.6.